The van der Waals surface area contributed by atoms with Crippen molar-refractivity contribution >= 4 is 19.9 Å². The van der Waals surface area contributed by atoms with E-state index in [0.717, 1.165) is 5.56 Å². The molecule has 1 aliphatic rings. The quantitative estimate of drug-likeness (QED) is 0.830. The first-order valence-electron chi connectivity index (χ1n) is 5.97. The van der Waals surface area contributed by atoms with E-state index in [-0.39, 0.29) is 22.7 Å². The van der Waals surface area contributed by atoms with Gasteiger partial charge >= 0.3 is 0 Å². The van der Waals surface area contributed by atoms with Gasteiger partial charge in [0.05, 0.1) is 10.6 Å². The van der Waals surface area contributed by atoms with E-state index in [9.17, 15) is 16.8 Å². The summed E-state index contributed by atoms with van der Waals surface area (Å²) in [6.45, 7) is 1.83. The molecule has 0 saturated heterocycles. The molecule has 1 aromatic carbocycles. The van der Waals surface area contributed by atoms with Crippen molar-refractivity contribution in [3.8, 4) is 0 Å². The van der Waals surface area contributed by atoms with E-state index in [2.05, 4.69) is 5.32 Å². The molecule has 0 aliphatic carbocycles. The number of rotatable bonds is 4. The zero-order chi connectivity index (χ0) is 15.0. The first-order valence-corrected chi connectivity index (χ1v) is 9.23. The van der Waals surface area contributed by atoms with Gasteiger partial charge in [-0.05, 0) is 24.6 Å². The second kappa shape index (κ2) is 5.28. The van der Waals surface area contributed by atoms with Crippen LogP contribution in [0.15, 0.2) is 40.6 Å². The maximum Gasteiger partial charge on any atom is 0.238 e. The van der Waals surface area contributed by atoms with Crippen LogP contribution in [-0.4, -0.2) is 28.6 Å². The minimum atomic E-state index is -3.74. The lowest BCUT2D eigenvalue weighted by molar-refractivity contribution is 0.534. The number of nitrogens with one attached hydrogen (secondary N) is 1. The molecule has 110 valence electrons. The topological polar surface area (TPSA) is 106 Å². The van der Waals surface area contributed by atoms with Gasteiger partial charge < -0.3 is 5.32 Å². The predicted octanol–water partition coefficient (Wildman–Crippen LogP) is 0.295. The molecule has 0 amide bonds. The Kier molecular flexibility index (Phi) is 4.01. The largest absolute Gasteiger partial charge is 0.303 e. The van der Waals surface area contributed by atoms with Crippen LogP contribution in [0.2, 0.25) is 0 Å². The van der Waals surface area contributed by atoms with Gasteiger partial charge in [0.1, 0.15) is 0 Å². The zero-order valence-electron chi connectivity index (χ0n) is 10.9. The van der Waals surface area contributed by atoms with Crippen LogP contribution >= 0.6 is 0 Å². The Labute approximate surface area is 118 Å². The maximum absolute atomic E-state index is 11.3. The molecule has 0 radical (unpaired) electrons. The van der Waals surface area contributed by atoms with Crippen LogP contribution < -0.4 is 10.5 Å². The fraction of sp³-hybridized carbons (Fsp3) is 0.333. The summed E-state index contributed by atoms with van der Waals surface area (Å²) in [4.78, 5) is 0.0400. The van der Waals surface area contributed by atoms with E-state index in [4.69, 9.17) is 5.14 Å². The number of hydrogen-bond donors (Lipinski definition) is 2. The molecule has 0 aromatic heterocycles. The molecule has 1 aromatic rings. The van der Waals surface area contributed by atoms with E-state index >= 15 is 0 Å². The summed E-state index contributed by atoms with van der Waals surface area (Å²) in [6.07, 6.45) is 1.59. The van der Waals surface area contributed by atoms with Gasteiger partial charge in [0.15, 0.2) is 9.84 Å². The smallest absolute Gasteiger partial charge is 0.238 e. The maximum atomic E-state index is 11.3. The fourth-order valence-corrected chi connectivity index (χ4v) is 3.87. The Morgan fingerprint density at radius 1 is 1.40 bits per heavy atom. The van der Waals surface area contributed by atoms with E-state index in [0.29, 0.717) is 0 Å². The number of sulfone groups is 1. The number of sulfonamides is 1. The summed E-state index contributed by atoms with van der Waals surface area (Å²) in [5, 5.41) is 9.41. The lowest BCUT2D eigenvalue weighted by Crippen LogP contribution is -2.32. The van der Waals surface area contributed by atoms with Gasteiger partial charge in [-0.3, -0.25) is 0 Å². The lowest BCUT2D eigenvalue weighted by atomic mass is 10.1. The highest BCUT2D eigenvalue weighted by Gasteiger charge is 2.23. The van der Waals surface area contributed by atoms with E-state index in [1.807, 2.05) is 6.92 Å². The first kappa shape index (κ1) is 15.2. The standard InChI is InChI=1S/C12H16N2O4S2/c1-9(14-11-5-6-19(15,16)8-11)10-3-2-4-12(7-10)20(13,17)18/h2-7,9,11,14H,8H2,1H3,(H2,13,17,18). The molecule has 2 rings (SSSR count). The molecule has 0 spiro atoms. The van der Waals surface area contributed by atoms with E-state index < -0.39 is 19.9 Å². The van der Waals surface area contributed by atoms with Crippen LogP contribution in [0.3, 0.4) is 0 Å². The normalized spacial score (nSPS) is 22.8. The third-order valence-corrected chi connectivity index (χ3v) is 5.39. The lowest BCUT2D eigenvalue weighted by Gasteiger charge is -2.18. The summed E-state index contributed by atoms with van der Waals surface area (Å²) >= 11 is 0. The van der Waals surface area contributed by atoms with Crippen molar-refractivity contribution in [1.29, 1.82) is 0 Å². The predicted molar refractivity (Wildman–Crippen MR) is 76.1 cm³/mol. The van der Waals surface area contributed by atoms with Gasteiger partial charge in [-0.25, -0.2) is 22.0 Å². The van der Waals surface area contributed by atoms with Crippen LogP contribution in [0.5, 0.6) is 0 Å². The third-order valence-electron chi connectivity index (χ3n) is 3.08. The Morgan fingerprint density at radius 2 is 2.10 bits per heavy atom. The minimum absolute atomic E-state index is 0.0201. The van der Waals surface area contributed by atoms with Crippen LogP contribution in [-0.2, 0) is 19.9 Å². The molecule has 20 heavy (non-hydrogen) atoms. The number of primary sulfonamides is 1. The van der Waals surface area contributed by atoms with Crippen LogP contribution in [0.1, 0.15) is 18.5 Å². The highest BCUT2D eigenvalue weighted by Crippen LogP contribution is 2.19. The Hall–Kier alpha value is -1.22. The SMILES string of the molecule is CC(NC1C=CS(=O)(=O)C1)c1cccc(S(N)(=O)=O)c1. The third kappa shape index (κ3) is 3.66. The molecular formula is C12H16N2O4S2. The van der Waals surface area contributed by atoms with E-state index in [1.54, 1.807) is 18.2 Å². The van der Waals surface area contributed by atoms with Crippen LogP contribution in [0.25, 0.3) is 0 Å². The van der Waals surface area contributed by atoms with Crippen LogP contribution in [0, 0.1) is 0 Å². The number of hydrogen-bond acceptors (Lipinski definition) is 5. The van der Waals surface area contributed by atoms with Gasteiger partial charge in [-0.2, -0.15) is 0 Å². The average Bonchev–Trinajstić information content (AvgIpc) is 2.68. The molecule has 8 heteroatoms. The molecule has 0 fully saturated rings. The first-order chi connectivity index (χ1) is 9.17. The van der Waals surface area contributed by atoms with Crippen molar-refractivity contribution in [3.63, 3.8) is 0 Å². The van der Waals surface area contributed by atoms with Gasteiger partial charge in [0.2, 0.25) is 10.0 Å². The molecular weight excluding hydrogens is 300 g/mol. The fourth-order valence-electron chi connectivity index (χ4n) is 2.06. The van der Waals surface area contributed by atoms with Crippen molar-refractivity contribution in [1.82, 2.24) is 5.32 Å². The summed E-state index contributed by atoms with van der Waals surface area (Å²) in [5.41, 5.74) is 0.731. The van der Waals surface area contributed by atoms with Crippen molar-refractivity contribution in [2.24, 2.45) is 5.14 Å². The van der Waals surface area contributed by atoms with Crippen molar-refractivity contribution < 1.29 is 16.8 Å². The second-order valence-corrected chi connectivity index (χ2v) is 8.26. The Bertz CT molecular complexity index is 738. The Morgan fingerprint density at radius 3 is 2.65 bits per heavy atom. The van der Waals surface area contributed by atoms with Gasteiger partial charge in [0, 0.05) is 17.5 Å². The molecule has 3 N–H and O–H groups in total. The molecule has 0 saturated carbocycles. The summed E-state index contributed by atoms with van der Waals surface area (Å²) < 4.78 is 45.3. The summed E-state index contributed by atoms with van der Waals surface area (Å²) in [5.74, 6) is 0.0201. The molecule has 2 atom stereocenters. The van der Waals surface area contributed by atoms with Crippen molar-refractivity contribution in [2.75, 3.05) is 5.75 Å². The van der Waals surface area contributed by atoms with Crippen molar-refractivity contribution in [2.45, 2.75) is 23.9 Å². The number of benzene rings is 1. The van der Waals surface area contributed by atoms with Gasteiger partial charge in [-0.1, -0.05) is 18.2 Å². The summed E-state index contributed by atoms with van der Waals surface area (Å²) in [7, 11) is -6.86. The van der Waals surface area contributed by atoms with Gasteiger partial charge in [-0.15, -0.1) is 0 Å². The number of nitrogens with two attached hydrogens (primary N) is 1. The minimum Gasteiger partial charge on any atom is -0.303 e. The molecule has 0 bridgehead atoms. The zero-order valence-corrected chi connectivity index (χ0v) is 12.5. The average molecular weight is 316 g/mol. The monoisotopic (exact) mass is 316 g/mol. The van der Waals surface area contributed by atoms with Crippen molar-refractivity contribution in [3.05, 3.63) is 41.3 Å². The molecule has 1 aliphatic heterocycles. The van der Waals surface area contributed by atoms with Gasteiger partial charge in [0.25, 0.3) is 0 Å². The summed E-state index contributed by atoms with van der Waals surface area (Å²) in [6, 6.07) is 5.81. The highest BCUT2D eigenvalue weighted by molar-refractivity contribution is 7.94. The second-order valence-electron chi connectivity index (χ2n) is 4.77. The molecule has 2 unspecified atom stereocenters. The molecule has 6 nitrogen and oxygen atoms in total. The van der Waals surface area contributed by atoms with E-state index in [1.165, 1.54) is 17.5 Å². The van der Waals surface area contributed by atoms with Crippen LogP contribution in [0.4, 0.5) is 0 Å². The Balaban J connectivity index is 2.15. The molecule has 1 heterocycles. The highest BCUT2D eigenvalue weighted by atomic mass is 32.2.